The van der Waals surface area contributed by atoms with E-state index in [1.54, 1.807) is 6.07 Å². The molecule has 2 N–H and O–H groups in total. The number of rotatable bonds is 5. The predicted molar refractivity (Wildman–Crippen MR) is 119 cm³/mol. The highest BCUT2D eigenvalue weighted by Crippen LogP contribution is 2.30. The number of alkyl halides is 3. The lowest BCUT2D eigenvalue weighted by molar-refractivity contribution is -0.137. The van der Waals surface area contributed by atoms with Gasteiger partial charge in [-0.25, -0.2) is 4.98 Å². The Hall–Kier alpha value is -3.73. The number of nitrogens with zero attached hydrogens (tertiary/aromatic N) is 3. The van der Waals surface area contributed by atoms with Gasteiger partial charge in [0, 0.05) is 17.7 Å². The van der Waals surface area contributed by atoms with Gasteiger partial charge in [-0.1, -0.05) is 19.9 Å². The van der Waals surface area contributed by atoms with E-state index in [0.717, 1.165) is 29.1 Å². The summed E-state index contributed by atoms with van der Waals surface area (Å²) in [5.41, 5.74) is -0.119. The van der Waals surface area contributed by atoms with Crippen molar-refractivity contribution in [1.82, 2.24) is 19.7 Å². The summed E-state index contributed by atoms with van der Waals surface area (Å²) in [6.45, 7) is 3.78. The molecule has 4 rings (SSSR count). The number of nitrogens with one attached hydrogen (secondary N) is 2. The Kier molecular flexibility index (Phi) is 5.90. The van der Waals surface area contributed by atoms with Crippen molar-refractivity contribution in [2.24, 2.45) is 0 Å². The van der Waals surface area contributed by atoms with Gasteiger partial charge in [-0.2, -0.15) is 23.0 Å². The maximum absolute atomic E-state index is 12.8. The molecular formula is C22H18F3N5O2S. The highest BCUT2D eigenvalue weighted by molar-refractivity contribution is 7.13. The summed E-state index contributed by atoms with van der Waals surface area (Å²) in [6.07, 6.45) is -4.50. The van der Waals surface area contributed by atoms with Gasteiger partial charge in [-0.05, 0) is 41.6 Å². The fraction of sp³-hybridized carbons (Fsp3) is 0.182. The molecule has 1 aromatic carbocycles. The van der Waals surface area contributed by atoms with E-state index in [4.69, 9.17) is 0 Å². The van der Waals surface area contributed by atoms with Gasteiger partial charge in [0.25, 0.3) is 11.5 Å². The Morgan fingerprint density at radius 3 is 2.48 bits per heavy atom. The normalized spacial score (nSPS) is 11.7. The molecule has 4 aromatic rings. The van der Waals surface area contributed by atoms with Crippen molar-refractivity contribution in [3.63, 3.8) is 0 Å². The summed E-state index contributed by atoms with van der Waals surface area (Å²) in [4.78, 5) is 32.8. The van der Waals surface area contributed by atoms with E-state index in [9.17, 15) is 22.8 Å². The summed E-state index contributed by atoms with van der Waals surface area (Å²) in [5, 5.41) is 9.01. The third-order valence-electron chi connectivity index (χ3n) is 4.74. The van der Waals surface area contributed by atoms with Crippen LogP contribution in [0.5, 0.6) is 0 Å². The molecule has 3 heterocycles. The van der Waals surface area contributed by atoms with Gasteiger partial charge in [-0.3, -0.25) is 14.6 Å². The smallest absolute Gasteiger partial charge is 0.306 e. The molecule has 7 nitrogen and oxygen atoms in total. The quantitative estimate of drug-likeness (QED) is 0.423. The van der Waals surface area contributed by atoms with Crippen molar-refractivity contribution in [2.75, 3.05) is 5.32 Å². The number of hydrogen-bond acceptors (Lipinski definition) is 5. The molecule has 0 saturated carbocycles. The van der Waals surface area contributed by atoms with Gasteiger partial charge in [0.2, 0.25) is 5.95 Å². The van der Waals surface area contributed by atoms with Crippen molar-refractivity contribution in [3.05, 3.63) is 81.1 Å². The summed E-state index contributed by atoms with van der Waals surface area (Å²) in [5.74, 6) is -0.349. The lowest BCUT2D eigenvalue weighted by Gasteiger charge is -2.11. The standard InChI is InChI=1S/C22H18F3N5O2S/c1-12(2)15-11-19(31)28-21(26-15)30-18(10-16(29-30)17-4-3-9-33-17)27-20(32)13-5-7-14(8-6-13)22(23,24)25/h3-12H,1-2H3,(H,27,32)(H,26,28,31). The third-order valence-corrected chi connectivity index (χ3v) is 5.63. The van der Waals surface area contributed by atoms with Crippen LogP contribution >= 0.6 is 11.3 Å². The Morgan fingerprint density at radius 2 is 1.88 bits per heavy atom. The Labute approximate surface area is 189 Å². The van der Waals surface area contributed by atoms with Gasteiger partial charge in [0.1, 0.15) is 11.5 Å². The van der Waals surface area contributed by atoms with E-state index in [1.807, 2.05) is 31.4 Å². The predicted octanol–water partition coefficient (Wildman–Crippen LogP) is 5.08. The topological polar surface area (TPSA) is 92.7 Å². The average molecular weight is 473 g/mol. The summed E-state index contributed by atoms with van der Waals surface area (Å²) >= 11 is 1.44. The SMILES string of the molecule is CC(C)c1cc(=O)[nH]c(-n2nc(-c3cccs3)cc2NC(=O)c2ccc(C(F)(F)F)cc2)n1. The Bertz CT molecular complexity index is 1340. The van der Waals surface area contributed by atoms with Crippen LogP contribution < -0.4 is 10.9 Å². The molecule has 170 valence electrons. The van der Waals surface area contributed by atoms with E-state index >= 15 is 0 Å². The first-order valence-electron chi connectivity index (χ1n) is 9.86. The number of aromatic nitrogens is 4. The van der Waals surface area contributed by atoms with E-state index in [-0.39, 0.29) is 28.8 Å². The molecule has 0 aliphatic rings. The van der Waals surface area contributed by atoms with Crippen LogP contribution in [0, 0.1) is 0 Å². The molecule has 1 amide bonds. The Morgan fingerprint density at radius 1 is 1.15 bits per heavy atom. The first-order valence-corrected chi connectivity index (χ1v) is 10.7. The van der Waals surface area contributed by atoms with Crippen LogP contribution in [0.3, 0.4) is 0 Å². The molecule has 3 aromatic heterocycles. The van der Waals surface area contributed by atoms with E-state index < -0.39 is 17.6 Å². The molecule has 0 aliphatic carbocycles. The van der Waals surface area contributed by atoms with Crippen molar-refractivity contribution in [1.29, 1.82) is 0 Å². The van der Waals surface area contributed by atoms with Crippen LogP contribution in [0.4, 0.5) is 19.0 Å². The summed E-state index contributed by atoms with van der Waals surface area (Å²) < 4.78 is 39.8. The monoisotopic (exact) mass is 473 g/mol. The van der Waals surface area contributed by atoms with Crippen LogP contribution in [0.2, 0.25) is 0 Å². The molecule has 0 aliphatic heterocycles. The van der Waals surface area contributed by atoms with Crippen molar-refractivity contribution < 1.29 is 18.0 Å². The lowest BCUT2D eigenvalue weighted by Crippen LogP contribution is -2.19. The van der Waals surface area contributed by atoms with Gasteiger partial charge < -0.3 is 5.32 Å². The highest BCUT2D eigenvalue weighted by Gasteiger charge is 2.30. The molecular weight excluding hydrogens is 455 g/mol. The number of thiophene rings is 1. The second-order valence-corrected chi connectivity index (χ2v) is 8.43. The average Bonchev–Trinajstić information content (AvgIpc) is 3.43. The molecule has 0 spiro atoms. The second kappa shape index (κ2) is 8.66. The number of aromatic amines is 1. The number of amides is 1. The minimum absolute atomic E-state index is 0.0245. The van der Waals surface area contributed by atoms with E-state index in [0.29, 0.717) is 11.4 Å². The maximum atomic E-state index is 12.8. The van der Waals surface area contributed by atoms with E-state index in [1.165, 1.54) is 22.1 Å². The zero-order chi connectivity index (χ0) is 23.8. The number of H-pyrrole nitrogens is 1. The number of hydrogen-bond donors (Lipinski definition) is 2. The summed E-state index contributed by atoms with van der Waals surface area (Å²) in [7, 11) is 0. The maximum Gasteiger partial charge on any atom is 0.416 e. The molecule has 0 bridgehead atoms. The first-order chi connectivity index (χ1) is 15.6. The minimum atomic E-state index is -4.50. The number of benzene rings is 1. The summed E-state index contributed by atoms with van der Waals surface area (Å²) in [6, 6.07) is 10.6. The fourth-order valence-electron chi connectivity index (χ4n) is 3.03. The highest BCUT2D eigenvalue weighted by atomic mass is 32.1. The fourth-order valence-corrected chi connectivity index (χ4v) is 3.72. The Balaban J connectivity index is 1.73. The van der Waals surface area contributed by atoms with Crippen LogP contribution in [0.25, 0.3) is 16.5 Å². The van der Waals surface area contributed by atoms with E-state index in [2.05, 4.69) is 20.4 Å². The van der Waals surface area contributed by atoms with Gasteiger partial charge in [0.05, 0.1) is 16.1 Å². The van der Waals surface area contributed by atoms with Gasteiger partial charge >= 0.3 is 6.18 Å². The molecule has 0 saturated heterocycles. The third kappa shape index (κ3) is 4.87. The first kappa shape index (κ1) is 22.5. The lowest BCUT2D eigenvalue weighted by atomic mass is 10.1. The number of carbonyl (C=O) groups excluding carboxylic acids is 1. The van der Waals surface area contributed by atoms with Gasteiger partial charge in [-0.15, -0.1) is 11.3 Å². The molecule has 11 heteroatoms. The van der Waals surface area contributed by atoms with Crippen molar-refractivity contribution in [3.8, 4) is 16.5 Å². The van der Waals surface area contributed by atoms with Crippen LogP contribution in [-0.4, -0.2) is 25.7 Å². The van der Waals surface area contributed by atoms with Crippen LogP contribution in [0.1, 0.15) is 41.4 Å². The van der Waals surface area contributed by atoms with Crippen molar-refractivity contribution >= 4 is 23.1 Å². The molecule has 0 unspecified atom stereocenters. The molecule has 0 atom stereocenters. The number of anilines is 1. The molecule has 0 radical (unpaired) electrons. The zero-order valence-corrected chi connectivity index (χ0v) is 18.3. The molecule has 0 fully saturated rings. The van der Waals surface area contributed by atoms with Crippen LogP contribution in [0.15, 0.2) is 58.7 Å². The number of halogens is 3. The largest absolute Gasteiger partial charge is 0.416 e. The van der Waals surface area contributed by atoms with Crippen LogP contribution in [-0.2, 0) is 6.18 Å². The zero-order valence-electron chi connectivity index (χ0n) is 17.5. The second-order valence-electron chi connectivity index (χ2n) is 7.48. The molecule has 33 heavy (non-hydrogen) atoms. The minimum Gasteiger partial charge on any atom is -0.306 e. The van der Waals surface area contributed by atoms with Gasteiger partial charge in [0.15, 0.2) is 0 Å². The van der Waals surface area contributed by atoms with Crippen molar-refractivity contribution in [2.45, 2.75) is 25.9 Å². The number of carbonyl (C=O) groups is 1.